The summed E-state index contributed by atoms with van der Waals surface area (Å²) in [5.74, 6) is -0.960. The van der Waals surface area contributed by atoms with Crippen LogP contribution in [0.3, 0.4) is 0 Å². The molecule has 0 atom stereocenters. The number of hydrogen-bond donors (Lipinski definition) is 1. The lowest BCUT2D eigenvalue weighted by Crippen LogP contribution is -1.99. The highest BCUT2D eigenvalue weighted by Crippen LogP contribution is 2.29. The molecule has 0 amide bonds. The highest BCUT2D eigenvalue weighted by Gasteiger charge is 2.17. The van der Waals surface area contributed by atoms with Gasteiger partial charge in [0, 0.05) is 0 Å². The van der Waals surface area contributed by atoms with Crippen molar-refractivity contribution in [3.8, 4) is 17.2 Å². The Morgan fingerprint density at radius 1 is 1.09 bits per heavy atom. The van der Waals surface area contributed by atoms with Crippen LogP contribution in [0.4, 0.5) is 0 Å². The topological polar surface area (TPSA) is 85.5 Å². The summed E-state index contributed by atoms with van der Waals surface area (Å²) in [4.78, 5) is 14.7. The molecule has 0 bridgehead atoms. The number of para-hydroxylation sites is 1. The maximum absolute atomic E-state index is 10.8. The molecule has 0 spiro atoms. The molecule has 3 aromatic rings. The molecular formula is C16H12N2O4. The van der Waals surface area contributed by atoms with Gasteiger partial charge in [-0.1, -0.05) is 42.5 Å². The molecule has 0 unspecified atom stereocenters. The van der Waals surface area contributed by atoms with Crippen LogP contribution in [0.2, 0.25) is 0 Å². The normalized spacial score (nSPS) is 10.4. The van der Waals surface area contributed by atoms with Crippen LogP contribution in [0.25, 0.3) is 11.5 Å². The van der Waals surface area contributed by atoms with Gasteiger partial charge in [-0.15, -0.1) is 0 Å². The zero-order valence-electron chi connectivity index (χ0n) is 11.5. The lowest BCUT2D eigenvalue weighted by atomic mass is 10.2. The second-order valence-corrected chi connectivity index (χ2v) is 4.50. The first-order valence-corrected chi connectivity index (χ1v) is 6.57. The molecule has 0 aliphatic heterocycles. The minimum Gasteiger partial charge on any atom is -0.488 e. The van der Waals surface area contributed by atoms with Gasteiger partial charge in [0.1, 0.15) is 12.4 Å². The van der Waals surface area contributed by atoms with Crippen LogP contribution in [0.5, 0.6) is 5.75 Å². The van der Waals surface area contributed by atoms with Crippen LogP contribution in [-0.4, -0.2) is 21.2 Å². The summed E-state index contributed by atoms with van der Waals surface area (Å²) in [7, 11) is 0. The fourth-order valence-corrected chi connectivity index (χ4v) is 1.92. The van der Waals surface area contributed by atoms with Gasteiger partial charge in [0.2, 0.25) is 0 Å². The van der Waals surface area contributed by atoms with E-state index in [1.54, 1.807) is 18.2 Å². The van der Waals surface area contributed by atoms with E-state index in [4.69, 9.17) is 14.4 Å². The monoisotopic (exact) mass is 296 g/mol. The average Bonchev–Trinajstić information content (AvgIpc) is 3.04. The van der Waals surface area contributed by atoms with E-state index in [-0.39, 0.29) is 11.7 Å². The number of carboxylic acids is 1. The minimum absolute atomic E-state index is 0.112. The fraction of sp³-hybridized carbons (Fsp3) is 0.0625. The van der Waals surface area contributed by atoms with Crippen LogP contribution < -0.4 is 4.74 Å². The van der Waals surface area contributed by atoms with E-state index >= 15 is 0 Å². The number of nitrogens with zero attached hydrogens (tertiary/aromatic N) is 2. The van der Waals surface area contributed by atoms with Crippen LogP contribution in [0.1, 0.15) is 16.2 Å². The molecule has 6 nitrogen and oxygen atoms in total. The molecular weight excluding hydrogens is 284 g/mol. The highest BCUT2D eigenvalue weighted by molar-refractivity contribution is 5.83. The van der Waals surface area contributed by atoms with E-state index < -0.39 is 5.97 Å². The Bertz CT molecular complexity index is 784. The smallest absolute Gasteiger partial charge is 0.377 e. The lowest BCUT2D eigenvalue weighted by Gasteiger charge is -2.09. The van der Waals surface area contributed by atoms with Crippen LogP contribution in [0.15, 0.2) is 59.1 Å². The highest BCUT2D eigenvalue weighted by atomic mass is 16.5. The first-order valence-electron chi connectivity index (χ1n) is 6.57. The molecule has 6 heteroatoms. The standard InChI is InChI=1S/C16H12N2O4/c19-16(20)14-17-15(22-18-14)12-8-4-5-9-13(12)21-10-11-6-2-1-3-7-11/h1-9H,10H2,(H,19,20). The Hall–Kier alpha value is -3.15. The lowest BCUT2D eigenvalue weighted by molar-refractivity contribution is 0.0680. The van der Waals surface area contributed by atoms with Crippen molar-refractivity contribution in [2.24, 2.45) is 0 Å². The van der Waals surface area contributed by atoms with Gasteiger partial charge in [0.25, 0.3) is 11.7 Å². The summed E-state index contributed by atoms with van der Waals surface area (Å²) < 4.78 is 10.8. The van der Waals surface area contributed by atoms with Gasteiger partial charge >= 0.3 is 5.97 Å². The van der Waals surface area contributed by atoms with Crippen molar-refractivity contribution in [1.82, 2.24) is 10.1 Å². The SMILES string of the molecule is O=C(O)c1noc(-c2ccccc2OCc2ccccc2)n1. The molecule has 2 aromatic carbocycles. The van der Waals surface area contributed by atoms with Gasteiger partial charge in [-0.25, -0.2) is 4.79 Å². The maximum atomic E-state index is 10.8. The Morgan fingerprint density at radius 2 is 1.82 bits per heavy atom. The number of aromatic nitrogens is 2. The zero-order valence-corrected chi connectivity index (χ0v) is 11.5. The summed E-state index contributed by atoms with van der Waals surface area (Å²) in [6.07, 6.45) is 0. The summed E-state index contributed by atoms with van der Waals surface area (Å²) in [5.41, 5.74) is 1.58. The number of carboxylic acid groups (broad SMARTS) is 1. The van der Waals surface area contributed by atoms with E-state index in [9.17, 15) is 4.79 Å². The molecule has 0 aliphatic carbocycles. The van der Waals surface area contributed by atoms with Crippen molar-refractivity contribution >= 4 is 5.97 Å². The van der Waals surface area contributed by atoms with Gasteiger partial charge in [-0.05, 0) is 22.9 Å². The summed E-state index contributed by atoms with van der Waals surface area (Å²) in [5, 5.41) is 12.3. The van der Waals surface area contributed by atoms with Crippen molar-refractivity contribution < 1.29 is 19.2 Å². The van der Waals surface area contributed by atoms with Gasteiger partial charge in [0.15, 0.2) is 0 Å². The Morgan fingerprint density at radius 3 is 2.55 bits per heavy atom. The Balaban J connectivity index is 1.84. The molecule has 1 N–H and O–H groups in total. The largest absolute Gasteiger partial charge is 0.488 e. The molecule has 1 aromatic heterocycles. The predicted octanol–water partition coefficient (Wildman–Crippen LogP) is 3.01. The first-order chi connectivity index (χ1) is 10.7. The van der Waals surface area contributed by atoms with Crippen molar-refractivity contribution in [2.75, 3.05) is 0 Å². The number of aromatic carboxylic acids is 1. The average molecular weight is 296 g/mol. The number of rotatable bonds is 5. The molecule has 1 heterocycles. The number of benzene rings is 2. The molecule has 0 fully saturated rings. The molecule has 0 saturated heterocycles. The number of hydrogen-bond acceptors (Lipinski definition) is 5. The molecule has 110 valence electrons. The van der Waals surface area contributed by atoms with E-state index in [0.29, 0.717) is 17.9 Å². The van der Waals surface area contributed by atoms with Crippen LogP contribution >= 0.6 is 0 Å². The van der Waals surface area contributed by atoms with E-state index in [1.165, 1.54) is 0 Å². The Labute approximate surface area is 126 Å². The quantitative estimate of drug-likeness (QED) is 0.779. The maximum Gasteiger partial charge on any atom is 0.377 e. The van der Waals surface area contributed by atoms with Crippen molar-refractivity contribution in [2.45, 2.75) is 6.61 Å². The summed E-state index contributed by atoms with van der Waals surface area (Å²) >= 11 is 0. The molecule has 3 rings (SSSR count). The Kier molecular flexibility index (Phi) is 3.82. The molecule has 22 heavy (non-hydrogen) atoms. The molecule has 0 aliphatic rings. The second kappa shape index (κ2) is 6.09. The third-order valence-electron chi connectivity index (χ3n) is 2.97. The molecule has 0 saturated carbocycles. The number of carbonyl (C=O) groups is 1. The third-order valence-corrected chi connectivity index (χ3v) is 2.97. The van der Waals surface area contributed by atoms with Gasteiger partial charge in [0.05, 0.1) is 5.56 Å². The van der Waals surface area contributed by atoms with E-state index in [1.807, 2.05) is 36.4 Å². The summed E-state index contributed by atoms with van der Waals surface area (Å²) in [6.45, 7) is 0.387. The third kappa shape index (κ3) is 2.95. The van der Waals surface area contributed by atoms with Crippen LogP contribution in [0, 0.1) is 0 Å². The van der Waals surface area contributed by atoms with Gasteiger partial charge in [-0.2, -0.15) is 4.98 Å². The van der Waals surface area contributed by atoms with Crippen molar-refractivity contribution in [1.29, 1.82) is 0 Å². The van der Waals surface area contributed by atoms with Crippen LogP contribution in [-0.2, 0) is 6.61 Å². The van der Waals surface area contributed by atoms with E-state index in [2.05, 4.69) is 10.1 Å². The summed E-state index contributed by atoms with van der Waals surface area (Å²) in [6, 6.07) is 16.8. The predicted molar refractivity (Wildman–Crippen MR) is 77.5 cm³/mol. The van der Waals surface area contributed by atoms with Gasteiger partial charge < -0.3 is 14.4 Å². The molecule has 0 radical (unpaired) electrons. The minimum atomic E-state index is -1.24. The number of ether oxygens (including phenoxy) is 1. The van der Waals surface area contributed by atoms with E-state index in [0.717, 1.165) is 5.56 Å². The zero-order chi connectivity index (χ0) is 15.4. The second-order valence-electron chi connectivity index (χ2n) is 4.50. The van der Waals surface area contributed by atoms with Gasteiger partial charge in [-0.3, -0.25) is 0 Å². The van der Waals surface area contributed by atoms with Crippen molar-refractivity contribution in [3.63, 3.8) is 0 Å². The van der Waals surface area contributed by atoms with Crippen molar-refractivity contribution in [3.05, 3.63) is 66.0 Å². The first kappa shape index (κ1) is 13.8. The fourth-order valence-electron chi connectivity index (χ4n) is 1.92.